The summed E-state index contributed by atoms with van der Waals surface area (Å²) in [5, 5.41) is 12.8. The molecule has 0 aliphatic carbocycles. The number of nitro groups is 1. The second-order valence-corrected chi connectivity index (χ2v) is 3.55. The fourth-order valence-corrected chi connectivity index (χ4v) is 1.30. The monoisotopic (exact) mass is 266 g/mol. The minimum atomic E-state index is -4.28. The molecule has 0 aliphatic rings. The minimum Gasteiger partial charge on any atom is -0.312 e. The van der Waals surface area contributed by atoms with E-state index < -0.39 is 29.0 Å². The molecule has 0 aromatic heterocycles. The van der Waals surface area contributed by atoms with E-state index in [1.165, 1.54) is 12.1 Å². The number of rotatable bonds is 5. The number of nitrogens with one attached hydrogen (secondary N) is 1. The molecule has 0 amide bonds. The Morgan fingerprint density at radius 3 is 2.56 bits per heavy atom. The van der Waals surface area contributed by atoms with E-state index in [-0.39, 0.29) is 18.7 Å². The van der Waals surface area contributed by atoms with Gasteiger partial charge in [0.25, 0.3) is 0 Å². The highest BCUT2D eigenvalue weighted by atomic mass is 19.4. The van der Waals surface area contributed by atoms with E-state index in [1.807, 2.05) is 0 Å². The number of hydrogen-bond donors (Lipinski definition) is 1. The molecule has 0 heterocycles. The fourth-order valence-electron chi connectivity index (χ4n) is 1.30. The zero-order valence-corrected chi connectivity index (χ0v) is 9.13. The van der Waals surface area contributed by atoms with Gasteiger partial charge in [-0.25, -0.2) is 0 Å². The number of nitro benzene ring substituents is 1. The molecule has 18 heavy (non-hydrogen) atoms. The Balaban J connectivity index is 2.58. The van der Waals surface area contributed by atoms with Crippen LogP contribution in [0.1, 0.15) is 12.0 Å². The minimum absolute atomic E-state index is 0.0358. The summed E-state index contributed by atoms with van der Waals surface area (Å²) in [6, 6.07) is 3.56. The summed E-state index contributed by atoms with van der Waals surface area (Å²) in [7, 11) is 0. The first-order valence-corrected chi connectivity index (χ1v) is 5.00. The molecule has 0 aliphatic heterocycles. The first-order valence-electron chi connectivity index (χ1n) is 5.00. The van der Waals surface area contributed by atoms with Crippen LogP contribution in [0.2, 0.25) is 0 Å². The zero-order valence-electron chi connectivity index (χ0n) is 9.13. The number of alkyl halides is 3. The Morgan fingerprint density at radius 2 is 2.00 bits per heavy atom. The summed E-state index contributed by atoms with van der Waals surface area (Å²) in [5.74, 6) is -1.03. The lowest BCUT2D eigenvalue weighted by molar-refractivity contribution is -0.387. The molecule has 0 unspecified atom stereocenters. The number of nitrogens with zero attached hydrogens (tertiary/aromatic N) is 1. The van der Waals surface area contributed by atoms with E-state index >= 15 is 0 Å². The molecule has 0 atom stereocenters. The Kier molecular flexibility index (Phi) is 4.60. The van der Waals surface area contributed by atoms with Crippen LogP contribution in [0, 0.1) is 15.9 Å². The van der Waals surface area contributed by atoms with Gasteiger partial charge < -0.3 is 5.32 Å². The van der Waals surface area contributed by atoms with Gasteiger partial charge in [-0.2, -0.15) is 17.6 Å². The lowest BCUT2D eigenvalue weighted by Crippen LogP contribution is -2.21. The first-order chi connectivity index (χ1) is 8.31. The fraction of sp³-hybridized carbons (Fsp3) is 0.400. The molecule has 0 spiro atoms. The Labute approximate surface area is 99.8 Å². The van der Waals surface area contributed by atoms with E-state index in [1.54, 1.807) is 0 Å². The SMILES string of the molecule is O=[N+]([O-])c1cccc(CNCCC(F)(F)F)c1F. The molecular formula is C10H10F4N2O2. The molecule has 0 saturated heterocycles. The van der Waals surface area contributed by atoms with Gasteiger partial charge in [-0.05, 0) is 0 Å². The third-order valence-electron chi connectivity index (χ3n) is 2.16. The van der Waals surface area contributed by atoms with Crippen molar-refractivity contribution >= 4 is 5.69 Å². The van der Waals surface area contributed by atoms with Crippen LogP contribution in [0.15, 0.2) is 18.2 Å². The molecule has 0 saturated carbocycles. The molecule has 100 valence electrons. The molecule has 8 heteroatoms. The average molecular weight is 266 g/mol. The summed E-state index contributed by atoms with van der Waals surface area (Å²) in [6.45, 7) is -0.560. The highest BCUT2D eigenvalue weighted by Gasteiger charge is 2.26. The Hall–Kier alpha value is -1.70. The van der Waals surface area contributed by atoms with Crippen molar-refractivity contribution in [1.29, 1.82) is 0 Å². The summed E-state index contributed by atoms with van der Waals surface area (Å²) in [6.07, 6.45) is -5.32. The Morgan fingerprint density at radius 1 is 1.33 bits per heavy atom. The highest BCUT2D eigenvalue weighted by molar-refractivity contribution is 5.36. The van der Waals surface area contributed by atoms with Gasteiger partial charge in [0.1, 0.15) is 0 Å². The van der Waals surface area contributed by atoms with Crippen LogP contribution in [0.3, 0.4) is 0 Å². The lowest BCUT2D eigenvalue weighted by atomic mass is 10.2. The van der Waals surface area contributed by atoms with Crippen molar-refractivity contribution in [2.24, 2.45) is 0 Å². The van der Waals surface area contributed by atoms with Gasteiger partial charge in [-0.3, -0.25) is 10.1 Å². The van der Waals surface area contributed by atoms with Crippen LogP contribution in [0.25, 0.3) is 0 Å². The zero-order chi connectivity index (χ0) is 13.8. The van der Waals surface area contributed by atoms with Crippen molar-refractivity contribution < 1.29 is 22.5 Å². The molecule has 1 rings (SSSR count). The summed E-state index contributed by atoms with van der Waals surface area (Å²) in [5.41, 5.74) is -0.725. The number of benzene rings is 1. The summed E-state index contributed by atoms with van der Waals surface area (Å²) < 4.78 is 49.0. The van der Waals surface area contributed by atoms with E-state index in [0.29, 0.717) is 0 Å². The van der Waals surface area contributed by atoms with Gasteiger partial charge >= 0.3 is 11.9 Å². The van der Waals surface area contributed by atoms with Crippen LogP contribution < -0.4 is 5.32 Å². The van der Waals surface area contributed by atoms with Crippen LogP contribution in [-0.2, 0) is 6.54 Å². The third kappa shape index (κ3) is 4.28. The van der Waals surface area contributed by atoms with Crippen molar-refractivity contribution in [2.45, 2.75) is 19.1 Å². The quantitative estimate of drug-likeness (QED) is 0.386. The Bertz CT molecular complexity index is 434. The molecule has 0 radical (unpaired) electrons. The molecule has 1 N–H and O–H groups in total. The average Bonchev–Trinajstić information content (AvgIpc) is 2.24. The molecule has 1 aromatic rings. The molecule has 0 bridgehead atoms. The van der Waals surface area contributed by atoms with E-state index in [2.05, 4.69) is 5.32 Å². The topological polar surface area (TPSA) is 55.2 Å². The largest absolute Gasteiger partial charge is 0.390 e. The number of hydrogen-bond acceptors (Lipinski definition) is 3. The summed E-state index contributed by atoms with van der Waals surface area (Å²) >= 11 is 0. The van der Waals surface area contributed by atoms with Crippen LogP contribution in [0.4, 0.5) is 23.2 Å². The van der Waals surface area contributed by atoms with Crippen molar-refractivity contribution in [2.75, 3.05) is 6.54 Å². The van der Waals surface area contributed by atoms with Crippen LogP contribution in [0.5, 0.6) is 0 Å². The maximum absolute atomic E-state index is 13.5. The van der Waals surface area contributed by atoms with E-state index in [0.717, 1.165) is 6.07 Å². The van der Waals surface area contributed by atoms with Crippen LogP contribution in [-0.4, -0.2) is 17.6 Å². The summed E-state index contributed by atoms with van der Waals surface area (Å²) in [4.78, 5) is 9.55. The molecular weight excluding hydrogens is 256 g/mol. The molecule has 0 fully saturated rings. The second kappa shape index (κ2) is 5.76. The maximum Gasteiger partial charge on any atom is 0.390 e. The predicted octanol–water partition coefficient (Wildman–Crippen LogP) is 2.78. The van der Waals surface area contributed by atoms with Gasteiger partial charge in [0.05, 0.1) is 11.3 Å². The van der Waals surface area contributed by atoms with Gasteiger partial charge in [0.15, 0.2) is 0 Å². The second-order valence-electron chi connectivity index (χ2n) is 3.55. The first kappa shape index (κ1) is 14.4. The van der Waals surface area contributed by atoms with E-state index in [9.17, 15) is 27.7 Å². The van der Waals surface area contributed by atoms with Gasteiger partial charge in [-0.1, -0.05) is 12.1 Å². The smallest absolute Gasteiger partial charge is 0.312 e. The van der Waals surface area contributed by atoms with Crippen LogP contribution >= 0.6 is 0 Å². The van der Waals surface area contributed by atoms with Gasteiger partial charge in [-0.15, -0.1) is 0 Å². The van der Waals surface area contributed by atoms with E-state index in [4.69, 9.17) is 0 Å². The van der Waals surface area contributed by atoms with Crippen molar-refractivity contribution in [3.8, 4) is 0 Å². The molecule has 1 aromatic carbocycles. The maximum atomic E-state index is 13.5. The van der Waals surface area contributed by atoms with Gasteiger partial charge in [0, 0.05) is 24.7 Å². The number of halogens is 4. The normalized spacial score (nSPS) is 11.6. The standard InChI is InChI=1S/C10H10F4N2O2/c11-9-7(2-1-3-8(9)16(17)18)6-15-5-4-10(12,13)14/h1-3,15H,4-6H2. The molecule has 4 nitrogen and oxygen atoms in total. The lowest BCUT2D eigenvalue weighted by Gasteiger charge is -2.08. The third-order valence-corrected chi connectivity index (χ3v) is 2.16. The van der Waals surface area contributed by atoms with Gasteiger partial charge in [0.2, 0.25) is 5.82 Å². The van der Waals surface area contributed by atoms with Crippen molar-refractivity contribution in [3.05, 3.63) is 39.7 Å². The van der Waals surface area contributed by atoms with Crippen molar-refractivity contribution in [1.82, 2.24) is 5.32 Å². The van der Waals surface area contributed by atoms with Crippen molar-refractivity contribution in [3.63, 3.8) is 0 Å². The predicted molar refractivity (Wildman–Crippen MR) is 55.4 cm³/mol. The highest BCUT2D eigenvalue weighted by Crippen LogP contribution is 2.21.